The molecular formula is C21H19N3O3S. The number of hydrogen-bond donors (Lipinski definition) is 0. The van der Waals surface area contributed by atoms with Crippen molar-refractivity contribution in [2.75, 3.05) is 11.4 Å². The largest absolute Gasteiger partial charge is 0.282 e. The van der Waals surface area contributed by atoms with Crippen molar-refractivity contribution in [3.8, 4) is 0 Å². The number of nitrogens with zero attached hydrogens (tertiary/aromatic N) is 3. The molecule has 0 spiro atoms. The number of amides is 3. The van der Waals surface area contributed by atoms with Crippen LogP contribution in [-0.4, -0.2) is 34.2 Å². The molecule has 0 aliphatic carbocycles. The second-order valence-electron chi connectivity index (χ2n) is 6.81. The molecule has 0 saturated carbocycles. The van der Waals surface area contributed by atoms with E-state index in [1.54, 1.807) is 4.90 Å². The molecule has 2 heterocycles. The van der Waals surface area contributed by atoms with Gasteiger partial charge < -0.3 is 0 Å². The predicted octanol–water partition coefficient (Wildman–Crippen LogP) is 3.29. The van der Waals surface area contributed by atoms with Gasteiger partial charge in [0, 0.05) is 12.8 Å². The van der Waals surface area contributed by atoms with Gasteiger partial charge in [-0.3, -0.25) is 24.2 Å². The van der Waals surface area contributed by atoms with Crippen molar-refractivity contribution in [3.63, 3.8) is 0 Å². The Kier molecular flexibility index (Phi) is 4.92. The lowest BCUT2D eigenvalue weighted by molar-refractivity contribution is -0.141. The molecule has 0 unspecified atom stereocenters. The third kappa shape index (κ3) is 3.66. The third-order valence-corrected chi connectivity index (χ3v) is 5.74. The summed E-state index contributed by atoms with van der Waals surface area (Å²) in [5.74, 6) is -0.904. The van der Waals surface area contributed by atoms with Crippen molar-refractivity contribution in [1.82, 2.24) is 9.88 Å². The van der Waals surface area contributed by atoms with Crippen molar-refractivity contribution < 1.29 is 14.4 Å². The topological polar surface area (TPSA) is 70.6 Å². The lowest BCUT2D eigenvalue weighted by atomic mass is 10.2. The van der Waals surface area contributed by atoms with E-state index in [0.29, 0.717) is 11.7 Å². The highest BCUT2D eigenvalue weighted by molar-refractivity contribution is 7.22. The Balaban J connectivity index is 1.67. The van der Waals surface area contributed by atoms with E-state index in [2.05, 4.69) is 4.98 Å². The van der Waals surface area contributed by atoms with E-state index >= 15 is 0 Å². The van der Waals surface area contributed by atoms with Crippen molar-refractivity contribution in [3.05, 3.63) is 59.7 Å². The Hall–Kier alpha value is -3.06. The zero-order valence-electron chi connectivity index (χ0n) is 15.4. The summed E-state index contributed by atoms with van der Waals surface area (Å²) < 4.78 is 0.995. The molecule has 3 amide bonds. The number of aryl methyl sites for hydroxylation is 1. The first-order valence-electron chi connectivity index (χ1n) is 9.06. The summed E-state index contributed by atoms with van der Waals surface area (Å²) in [7, 11) is 0. The molecule has 4 rings (SSSR count). The first-order valence-corrected chi connectivity index (χ1v) is 9.87. The van der Waals surface area contributed by atoms with E-state index in [9.17, 15) is 14.4 Å². The number of benzene rings is 2. The molecular weight excluding hydrogens is 374 g/mol. The molecule has 2 aromatic carbocycles. The van der Waals surface area contributed by atoms with Crippen LogP contribution in [0.15, 0.2) is 48.5 Å². The molecule has 142 valence electrons. The zero-order chi connectivity index (χ0) is 19.7. The summed E-state index contributed by atoms with van der Waals surface area (Å²) in [4.78, 5) is 44.2. The zero-order valence-corrected chi connectivity index (χ0v) is 16.2. The number of hydrogen-bond acceptors (Lipinski definition) is 5. The quantitative estimate of drug-likeness (QED) is 0.624. The lowest BCUT2D eigenvalue weighted by Crippen LogP contribution is -2.42. The molecule has 3 aromatic rings. The van der Waals surface area contributed by atoms with Crippen LogP contribution in [-0.2, 0) is 20.9 Å². The molecule has 1 fully saturated rings. The fraction of sp³-hybridized carbons (Fsp3) is 0.238. The summed E-state index contributed by atoms with van der Waals surface area (Å²) in [5, 5.41) is 0.563. The van der Waals surface area contributed by atoms with Crippen LogP contribution in [0.2, 0.25) is 0 Å². The van der Waals surface area contributed by atoms with Crippen molar-refractivity contribution >= 4 is 44.4 Å². The van der Waals surface area contributed by atoms with E-state index < -0.39 is 0 Å². The van der Waals surface area contributed by atoms with Crippen molar-refractivity contribution in [2.45, 2.75) is 26.3 Å². The molecule has 1 aliphatic heterocycles. The standard InChI is InChI=1S/C21H19N3O3S/c1-14-7-8-16-17(11-14)28-21(22-16)24(12-15-5-3-2-4-6-15)20(27)13-23-18(25)9-10-19(23)26/h2-8,11H,9-10,12-13H2,1H3. The summed E-state index contributed by atoms with van der Waals surface area (Å²) in [5.41, 5.74) is 2.90. The molecule has 0 radical (unpaired) electrons. The number of carbonyl (C=O) groups is 3. The molecule has 1 aliphatic rings. The fourth-order valence-electron chi connectivity index (χ4n) is 3.18. The second-order valence-corrected chi connectivity index (χ2v) is 7.82. The van der Waals surface area contributed by atoms with Gasteiger partial charge in [0.25, 0.3) is 0 Å². The lowest BCUT2D eigenvalue weighted by Gasteiger charge is -2.22. The van der Waals surface area contributed by atoms with Crippen LogP contribution in [0.25, 0.3) is 10.2 Å². The summed E-state index contributed by atoms with van der Waals surface area (Å²) >= 11 is 1.43. The molecule has 1 saturated heterocycles. The number of anilines is 1. The average molecular weight is 393 g/mol. The minimum Gasteiger partial charge on any atom is -0.282 e. The van der Waals surface area contributed by atoms with Crippen LogP contribution >= 0.6 is 11.3 Å². The highest BCUT2D eigenvalue weighted by atomic mass is 32.1. The molecule has 0 bridgehead atoms. The Labute approximate surface area is 166 Å². The van der Waals surface area contributed by atoms with E-state index in [1.807, 2.05) is 55.5 Å². The van der Waals surface area contributed by atoms with Gasteiger partial charge in [-0.15, -0.1) is 0 Å². The van der Waals surface area contributed by atoms with Gasteiger partial charge in [0.05, 0.1) is 16.8 Å². The number of thiazole rings is 1. The molecule has 0 N–H and O–H groups in total. The highest BCUT2D eigenvalue weighted by Crippen LogP contribution is 2.31. The van der Waals surface area contributed by atoms with E-state index in [1.165, 1.54) is 11.3 Å². The fourth-order valence-corrected chi connectivity index (χ4v) is 4.26. The molecule has 28 heavy (non-hydrogen) atoms. The van der Waals surface area contributed by atoms with E-state index in [4.69, 9.17) is 0 Å². The number of carbonyl (C=O) groups excluding carboxylic acids is 3. The normalized spacial score (nSPS) is 14.1. The summed E-state index contributed by atoms with van der Waals surface area (Å²) in [6.45, 7) is 2.09. The van der Waals surface area contributed by atoms with Crippen molar-refractivity contribution in [2.24, 2.45) is 0 Å². The smallest absolute Gasteiger partial charge is 0.249 e. The number of imide groups is 1. The minimum absolute atomic E-state index is 0.172. The van der Waals surface area contributed by atoms with E-state index in [-0.39, 0.29) is 37.1 Å². The van der Waals surface area contributed by atoms with Crippen LogP contribution in [0.3, 0.4) is 0 Å². The first-order chi connectivity index (χ1) is 13.5. The number of fused-ring (bicyclic) bond motifs is 1. The molecule has 6 nitrogen and oxygen atoms in total. The predicted molar refractivity (Wildman–Crippen MR) is 108 cm³/mol. The maximum absolute atomic E-state index is 13.1. The van der Waals surface area contributed by atoms with Gasteiger partial charge in [-0.05, 0) is 30.2 Å². The van der Waals surface area contributed by atoms with Gasteiger partial charge in [0.1, 0.15) is 6.54 Å². The van der Waals surface area contributed by atoms with Crippen LogP contribution < -0.4 is 4.90 Å². The van der Waals surface area contributed by atoms with Crippen LogP contribution in [0.5, 0.6) is 0 Å². The van der Waals surface area contributed by atoms with Gasteiger partial charge in [-0.2, -0.15) is 0 Å². The minimum atomic E-state index is -0.316. The van der Waals surface area contributed by atoms with Gasteiger partial charge in [0.15, 0.2) is 5.13 Å². The maximum Gasteiger partial charge on any atom is 0.249 e. The van der Waals surface area contributed by atoms with Gasteiger partial charge >= 0.3 is 0 Å². The first kappa shape index (κ1) is 18.3. The SMILES string of the molecule is Cc1ccc2nc(N(Cc3ccccc3)C(=O)CN3C(=O)CCC3=O)sc2c1. The Morgan fingerprint density at radius 1 is 1.11 bits per heavy atom. The summed E-state index contributed by atoms with van der Waals surface area (Å²) in [6, 6.07) is 15.6. The monoisotopic (exact) mass is 393 g/mol. The molecule has 0 atom stereocenters. The Morgan fingerprint density at radius 2 is 1.82 bits per heavy atom. The van der Waals surface area contributed by atoms with Gasteiger partial charge in [-0.25, -0.2) is 4.98 Å². The number of aromatic nitrogens is 1. The van der Waals surface area contributed by atoms with Gasteiger partial charge in [0.2, 0.25) is 17.7 Å². The van der Waals surface area contributed by atoms with Gasteiger partial charge in [-0.1, -0.05) is 47.7 Å². The maximum atomic E-state index is 13.1. The van der Waals surface area contributed by atoms with E-state index in [0.717, 1.165) is 26.2 Å². The van der Waals surface area contributed by atoms with Crippen LogP contribution in [0.1, 0.15) is 24.0 Å². The number of rotatable bonds is 5. The van der Waals surface area contributed by atoms with Crippen molar-refractivity contribution in [1.29, 1.82) is 0 Å². The molecule has 1 aromatic heterocycles. The summed E-state index contributed by atoms with van der Waals surface area (Å²) in [6.07, 6.45) is 0.344. The highest BCUT2D eigenvalue weighted by Gasteiger charge is 2.32. The Bertz CT molecular complexity index is 1050. The second kappa shape index (κ2) is 7.52. The average Bonchev–Trinajstić information content (AvgIpc) is 3.24. The van der Waals surface area contributed by atoms with Crippen LogP contribution in [0, 0.1) is 6.92 Å². The van der Waals surface area contributed by atoms with Crippen LogP contribution in [0.4, 0.5) is 5.13 Å². The third-order valence-electron chi connectivity index (χ3n) is 4.70. The Morgan fingerprint density at radius 3 is 2.54 bits per heavy atom. The number of likely N-dealkylation sites (tertiary alicyclic amines) is 1. The molecule has 7 heteroatoms.